The predicted molar refractivity (Wildman–Crippen MR) is 69.2 cm³/mol. The number of ether oxygens (including phenoxy) is 2. The molecule has 1 heterocycles. The number of carbonyl (C=O) groups excluding carboxylic acids is 2. The molecule has 0 saturated heterocycles. The van der Waals surface area contributed by atoms with E-state index in [-0.39, 0.29) is 18.2 Å². The largest absolute Gasteiger partial charge is 0.496 e. The number of rotatable bonds is 1. The van der Waals surface area contributed by atoms with Crippen molar-refractivity contribution < 1.29 is 19.1 Å². The first-order chi connectivity index (χ1) is 9.02. The van der Waals surface area contributed by atoms with E-state index in [1.165, 1.54) is 0 Å². The van der Waals surface area contributed by atoms with Gasteiger partial charge in [0.05, 0.1) is 13.5 Å². The van der Waals surface area contributed by atoms with Gasteiger partial charge in [-0.15, -0.1) is 0 Å². The van der Waals surface area contributed by atoms with Crippen LogP contribution in [0.15, 0.2) is 17.7 Å². The molecule has 4 heteroatoms. The van der Waals surface area contributed by atoms with E-state index < -0.39 is 6.10 Å². The fourth-order valence-corrected chi connectivity index (χ4v) is 2.79. The van der Waals surface area contributed by atoms with Gasteiger partial charge in [0.25, 0.3) is 0 Å². The molecule has 0 radical (unpaired) electrons. The molecule has 19 heavy (non-hydrogen) atoms. The first-order valence-electron chi connectivity index (χ1n) is 6.17. The van der Waals surface area contributed by atoms with Crippen LogP contribution in [0.25, 0.3) is 5.57 Å². The topological polar surface area (TPSA) is 52.6 Å². The minimum atomic E-state index is -0.416. The van der Waals surface area contributed by atoms with Crippen LogP contribution in [0.2, 0.25) is 0 Å². The Morgan fingerprint density at radius 3 is 2.63 bits per heavy atom. The molecule has 3 rings (SSSR count). The summed E-state index contributed by atoms with van der Waals surface area (Å²) in [7, 11) is 1.58. The molecule has 4 nitrogen and oxygen atoms in total. The summed E-state index contributed by atoms with van der Waals surface area (Å²) in [4.78, 5) is 23.8. The first kappa shape index (κ1) is 12.0. The second kappa shape index (κ2) is 3.95. The van der Waals surface area contributed by atoms with Crippen molar-refractivity contribution >= 4 is 17.3 Å². The molecule has 98 valence electrons. The molecule has 1 aromatic rings. The van der Waals surface area contributed by atoms with Gasteiger partial charge in [-0.05, 0) is 37.1 Å². The number of hydrogen-bond donors (Lipinski definition) is 0. The molecule has 1 aliphatic heterocycles. The molecule has 0 bridgehead atoms. The maximum absolute atomic E-state index is 12.2. The van der Waals surface area contributed by atoms with E-state index in [1.807, 2.05) is 13.0 Å². The molecule has 2 aliphatic rings. The zero-order valence-electron chi connectivity index (χ0n) is 11.1. The van der Waals surface area contributed by atoms with Crippen molar-refractivity contribution in [1.29, 1.82) is 0 Å². The van der Waals surface area contributed by atoms with Crippen LogP contribution in [0, 0.1) is 6.92 Å². The van der Waals surface area contributed by atoms with Gasteiger partial charge in [0, 0.05) is 16.7 Å². The number of benzene rings is 1. The van der Waals surface area contributed by atoms with Crippen molar-refractivity contribution in [1.82, 2.24) is 0 Å². The summed E-state index contributed by atoms with van der Waals surface area (Å²) in [6.07, 6.45) is -0.197. The summed E-state index contributed by atoms with van der Waals surface area (Å²) >= 11 is 0. The third kappa shape index (κ3) is 1.59. The molecular formula is C15H14O4. The van der Waals surface area contributed by atoms with Crippen LogP contribution in [0.4, 0.5) is 0 Å². The lowest BCUT2D eigenvalue weighted by Gasteiger charge is -2.23. The molecule has 0 N–H and O–H groups in total. The van der Waals surface area contributed by atoms with Gasteiger partial charge >= 0.3 is 5.97 Å². The van der Waals surface area contributed by atoms with E-state index in [9.17, 15) is 9.59 Å². The quantitative estimate of drug-likeness (QED) is 0.725. The van der Waals surface area contributed by atoms with Crippen molar-refractivity contribution in [2.45, 2.75) is 26.4 Å². The second-order valence-electron chi connectivity index (χ2n) is 4.93. The zero-order valence-corrected chi connectivity index (χ0v) is 11.1. The summed E-state index contributed by atoms with van der Waals surface area (Å²) in [6.45, 7) is 3.66. The number of hydrogen-bond acceptors (Lipinski definition) is 4. The van der Waals surface area contributed by atoms with Gasteiger partial charge in [-0.3, -0.25) is 4.79 Å². The number of ketones is 1. The fourth-order valence-electron chi connectivity index (χ4n) is 2.79. The lowest BCUT2D eigenvalue weighted by molar-refractivity contribution is -0.139. The summed E-state index contributed by atoms with van der Waals surface area (Å²) in [6, 6.07) is 3.66. The maximum Gasteiger partial charge on any atom is 0.334 e. The lowest BCUT2D eigenvalue weighted by Crippen LogP contribution is -2.23. The summed E-state index contributed by atoms with van der Waals surface area (Å²) in [5.74, 6) is 0.354. The molecular weight excluding hydrogens is 244 g/mol. The summed E-state index contributed by atoms with van der Waals surface area (Å²) < 4.78 is 10.5. The predicted octanol–water partition coefficient (Wildman–Crippen LogP) is 2.29. The first-order valence-corrected chi connectivity index (χ1v) is 6.17. The van der Waals surface area contributed by atoms with E-state index in [2.05, 4.69) is 0 Å². The van der Waals surface area contributed by atoms with Crippen LogP contribution in [0.3, 0.4) is 0 Å². The molecule has 0 spiro atoms. The highest BCUT2D eigenvalue weighted by Gasteiger charge is 2.39. The Balaban J connectivity index is 2.27. The normalized spacial score (nSPS) is 21.1. The summed E-state index contributed by atoms with van der Waals surface area (Å²) in [5.41, 5.74) is 3.82. The second-order valence-corrected chi connectivity index (χ2v) is 4.93. The van der Waals surface area contributed by atoms with Gasteiger partial charge in [-0.2, -0.15) is 0 Å². The Hall–Kier alpha value is -2.10. The highest BCUT2D eigenvalue weighted by atomic mass is 16.5. The van der Waals surface area contributed by atoms with Crippen LogP contribution in [-0.4, -0.2) is 25.0 Å². The van der Waals surface area contributed by atoms with Gasteiger partial charge in [0.15, 0.2) is 5.78 Å². The average Bonchev–Trinajstić information content (AvgIpc) is 2.64. The van der Waals surface area contributed by atoms with Gasteiger partial charge < -0.3 is 9.47 Å². The standard InChI is InChI=1S/C15H14O4/c1-7-4-10-9(5-12(7)18-3)11(16)6-13-14(10)8(2)15(17)19-13/h4-5,13H,6H2,1-3H3. The van der Waals surface area contributed by atoms with E-state index in [1.54, 1.807) is 20.1 Å². The van der Waals surface area contributed by atoms with Crippen molar-refractivity contribution in [3.63, 3.8) is 0 Å². The Bertz CT molecular complexity index is 640. The number of fused-ring (bicyclic) bond motifs is 3. The highest BCUT2D eigenvalue weighted by molar-refractivity contribution is 6.12. The fraction of sp³-hybridized carbons (Fsp3) is 0.333. The Kier molecular flexibility index (Phi) is 2.49. The van der Waals surface area contributed by atoms with Crippen molar-refractivity contribution in [3.8, 4) is 5.75 Å². The highest BCUT2D eigenvalue weighted by Crippen LogP contribution is 2.41. The van der Waals surface area contributed by atoms with Crippen LogP contribution >= 0.6 is 0 Å². The van der Waals surface area contributed by atoms with Gasteiger partial charge in [-0.1, -0.05) is 0 Å². The monoisotopic (exact) mass is 258 g/mol. The van der Waals surface area contributed by atoms with E-state index >= 15 is 0 Å². The molecule has 0 fully saturated rings. The van der Waals surface area contributed by atoms with Crippen LogP contribution in [0.1, 0.15) is 34.8 Å². The smallest absolute Gasteiger partial charge is 0.334 e. The van der Waals surface area contributed by atoms with Gasteiger partial charge in [-0.25, -0.2) is 4.79 Å². The molecule has 1 aliphatic carbocycles. The van der Waals surface area contributed by atoms with Gasteiger partial charge in [0.1, 0.15) is 11.9 Å². The average molecular weight is 258 g/mol. The number of carbonyl (C=O) groups is 2. The van der Waals surface area contributed by atoms with E-state index in [0.717, 1.165) is 16.7 Å². The molecule has 0 amide bonds. The van der Waals surface area contributed by atoms with E-state index in [4.69, 9.17) is 9.47 Å². The Morgan fingerprint density at radius 2 is 1.95 bits per heavy atom. The maximum atomic E-state index is 12.2. The number of Topliss-reactive ketones (excluding diaryl/α,β-unsaturated/α-hetero) is 1. The third-order valence-corrected chi connectivity index (χ3v) is 3.78. The summed E-state index contributed by atoms with van der Waals surface area (Å²) in [5, 5.41) is 0. The Morgan fingerprint density at radius 1 is 1.21 bits per heavy atom. The number of esters is 1. The van der Waals surface area contributed by atoms with Crippen LogP contribution < -0.4 is 4.74 Å². The lowest BCUT2D eigenvalue weighted by atomic mass is 9.82. The number of methoxy groups -OCH3 is 1. The van der Waals surface area contributed by atoms with Crippen LogP contribution in [0.5, 0.6) is 5.75 Å². The van der Waals surface area contributed by atoms with Crippen molar-refractivity contribution in [3.05, 3.63) is 34.4 Å². The molecule has 1 aromatic carbocycles. The van der Waals surface area contributed by atoms with Crippen molar-refractivity contribution in [2.24, 2.45) is 0 Å². The molecule has 0 saturated carbocycles. The van der Waals surface area contributed by atoms with Crippen LogP contribution in [-0.2, 0) is 9.53 Å². The zero-order chi connectivity index (χ0) is 13.7. The molecule has 1 atom stereocenters. The SMILES string of the molecule is COc1cc2c(cc1C)C1=C(C)C(=O)OC1CC2=O. The molecule has 1 unspecified atom stereocenters. The van der Waals surface area contributed by atoms with E-state index in [0.29, 0.717) is 16.9 Å². The number of aryl methyl sites for hydroxylation is 1. The van der Waals surface area contributed by atoms with Crippen molar-refractivity contribution in [2.75, 3.05) is 7.11 Å². The Labute approximate surface area is 111 Å². The minimum Gasteiger partial charge on any atom is -0.496 e. The third-order valence-electron chi connectivity index (χ3n) is 3.78. The minimum absolute atomic E-state index is 0.00968. The van der Waals surface area contributed by atoms with Gasteiger partial charge in [0.2, 0.25) is 0 Å². The molecule has 0 aromatic heterocycles.